The normalized spacial score (nSPS) is 11.1. The van der Waals surface area contributed by atoms with E-state index in [1.165, 1.54) is 0 Å². The van der Waals surface area contributed by atoms with E-state index in [0.29, 0.717) is 11.2 Å². The van der Waals surface area contributed by atoms with E-state index in [4.69, 9.17) is 0 Å². The summed E-state index contributed by atoms with van der Waals surface area (Å²) >= 11 is 0. The van der Waals surface area contributed by atoms with Crippen LogP contribution in [0.25, 0.3) is 10.9 Å². The highest BCUT2D eigenvalue weighted by Crippen LogP contribution is 2.32. The summed E-state index contributed by atoms with van der Waals surface area (Å²) in [6.45, 7) is 8.27. The summed E-state index contributed by atoms with van der Waals surface area (Å²) in [7, 11) is 0. The van der Waals surface area contributed by atoms with Crippen molar-refractivity contribution in [2.75, 3.05) is 10.6 Å². The van der Waals surface area contributed by atoms with Crippen molar-refractivity contribution in [1.82, 2.24) is 4.98 Å². The van der Waals surface area contributed by atoms with Gasteiger partial charge in [-0.25, -0.2) is 0 Å². The van der Waals surface area contributed by atoms with Gasteiger partial charge < -0.3 is 10.6 Å². The van der Waals surface area contributed by atoms with E-state index in [1.54, 1.807) is 12.3 Å². The van der Waals surface area contributed by atoms with Gasteiger partial charge in [0.15, 0.2) is 0 Å². The lowest BCUT2D eigenvalue weighted by Crippen LogP contribution is -2.30. The molecular weight excluding hydrogens is 350 g/mol. The van der Waals surface area contributed by atoms with Crippen molar-refractivity contribution in [2.45, 2.75) is 39.5 Å². The molecule has 2 aromatic carbocycles. The molecular formula is C23H25N3O2. The first-order chi connectivity index (χ1) is 13.4. The zero-order valence-corrected chi connectivity index (χ0v) is 16.6. The minimum absolute atomic E-state index is 0.222. The molecule has 28 heavy (non-hydrogen) atoms. The summed E-state index contributed by atoms with van der Waals surface area (Å²) in [5.74, 6) is -0.965. The number of rotatable bonds is 4. The van der Waals surface area contributed by atoms with Crippen LogP contribution in [0.4, 0.5) is 11.4 Å². The number of pyridine rings is 1. The molecule has 0 aliphatic carbocycles. The highest BCUT2D eigenvalue weighted by molar-refractivity contribution is 6.44. The Balaban J connectivity index is 1.86. The summed E-state index contributed by atoms with van der Waals surface area (Å²) in [4.78, 5) is 29.5. The lowest BCUT2D eigenvalue weighted by Gasteiger charge is -2.20. The summed E-state index contributed by atoms with van der Waals surface area (Å²) in [6, 6.07) is 15.2. The van der Waals surface area contributed by atoms with E-state index in [1.807, 2.05) is 42.5 Å². The molecule has 0 fully saturated rings. The molecule has 3 aromatic rings. The van der Waals surface area contributed by atoms with Gasteiger partial charge in [0.2, 0.25) is 0 Å². The zero-order valence-electron chi connectivity index (χ0n) is 16.6. The first-order valence-electron chi connectivity index (χ1n) is 9.47. The molecule has 144 valence electrons. The summed E-state index contributed by atoms with van der Waals surface area (Å²) < 4.78 is 0. The van der Waals surface area contributed by atoms with Crippen molar-refractivity contribution in [3.8, 4) is 0 Å². The number of amides is 2. The number of carbonyl (C=O) groups is 2. The number of hydrogen-bond acceptors (Lipinski definition) is 3. The molecule has 5 heteroatoms. The van der Waals surface area contributed by atoms with Crippen LogP contribution in [0, 0.1) is 0 Å². The van der Waals surface area contributed by atoms with E-state index in [9.17, 15) is 9.59 Å². The van der Waals surface area contributed by atoms with Crippen molar-refractivity contribution in [3.63, 3.8) is 0 Å². The van der Waals surface area contributed by atoms with Crippen LogP contribution in [0.2, 0.25) is 0 Å². The number of benzene rings is 2. The van der Waals surface area contributed by atoms with Gasteiger partial charge in [-0.05, 0) is 35.1 Å². The number of hydrogen-bond donors (Lipinski definition) is 2. The molecule has 0 aliphatic rings. The average Bonchev–Trinajstić information content (AvgIpc) is 2.68. The van der Waals surface area contributed by atoms with Gasteiger partial charge in [-0.2, -0.15) is 0 Å². The fraction of sp³-hybridized carbons (Fsp3) is 0.261. The van der Waals surface area contributed by atoms with Crippen LogP contribution in [0.15, 0.2) is 54.7 Å². The number of fused-ring (bicyclic) bond motifs is 1. The predicted octanol–water partition coefficient (Wildman–Crippen LogP) is 5.06. The van der Waals surface area contributed by atoms with E-state index in [-0.39, 0.29) is 11.8 Å². The number of aromatic nitrogens is 1. The molecule has 0 spiro atoms. The van der Waals surface area contributed by atoms with Crippen molar-refractivity contribution < 1.29 is 9.59 Å². The third kappa shape index (κ3) is 4.03. The minimum Gasteiger partial charge on any atom is -0.317 e. The van der Waals surface area contributed by atoms with Gasteiger partial charge in [0, 0.05) is 17.3 Å². The van der Waals surface area contributed by atoms with Crippen molar-refractivity contribution in [1.29, 1.82) is 0 Å². The van der Waals surface area contributed by atoms with Crippen molar-refractivity contribution in [2.24, 2.45) is 0 Å². The molecule has 0 atom stereocenters. The van der Waals surface area contributed by atoms with Crippen LogP contribution in [-0.4, -0.2) is 16.8 Å². The van der Waals surface area contributed by atoms with Crippen LogP contribution in [-0.2, 0) is 9.59 Å². The fourth-order valence-corrected chi connectivity index (χ4v) is 3.25. The Bertz CT molecular complexity index is 994. The molecule has 1 heterocycles. The third-order valence-corrected chi connectivity index (χ3v) is 4.70. The van der Waals surface area contributed by atoms with Crippen LogP contribution in [0.5, 0.6) is 0 Å². The van der Waals surface area contributed by atoms with Gasteiger partial charge in [-0.15, -0.1) is 0 Å². The van der Waals surface area contributed by atoms with Crippen LogP contribution in [0.1, 0.15) is 50.7 Å². The molecule has 3 rings (SSSR count). The second-order valence-electron chi connectivity index (χ2n) is 7.41. The van der Waals surface area contributed by atoms with Crippen LogP contribution < -0.4 is 10.6 Å². The minimum atomic E-state index is -0.716. The SMILES string of the molecule is CC(C)c1cccc(C(C)C)c1NC(=O)C(=O)Nc1cccc2cccnc12. The maximum atomic E-state index is 12.7. The molecule has 0 saturated carbocycles. The van der Waals surface area contributed by atoms with Crippen molar-refractivity contribution >= 4 is 34.1 Å². The Hall–Kier alpha value is -3.21. The molecule has 1 aromatic heterocycles. The zero-order chi connectivity index (χ0) is 20.3. The number of anilines is 2. The van der Waals surface area contributed by atoms with Gasteiger partial charge >= 0.3 is 11.8 Å². The molecule has 2 N–H and O–H groups in total. The highest BCUT2D eigenvalue weighted by Gasteiger charge is 2.20. The third-order valence-electron chi connectivity index (χ3n) is 4.70. The summed E-state index contributed by atoms with van der Waals surface area (Å²) in [5, 5.41) is 6.42. The number of para-hydroxylation sites is 2. The number of carbonyl (C=O) groups excluding carboxylic acids is 2. The van der Waals surface area contributed by atoms with E-state index in [0.717, 1.165) is 22.2 Å². The number of nitrogens with one attached hydrogen (secondary N) is 2. The standard InChI is InChI=1S/C23H25N3O2/c1-14(2)17-10-6-11-18(15(3)4)21(17)26-23(28)22(27)25-19-12-5-8-16-9-7-13-24-20(16)19/h5-15H,1-4H3,(H,25,27)(H,26,28). The van der Waals surface area contributed by atoms with Crippen molar-refractivity contribution in [3.05, 3.63) is 65.9 Å². The number of nitrogens with zero attached hydrogens (tertiary/aromatic N) is 1. The molecule has 0 bridgehead atoms. The van der Waals surface area contributed by atoms with E-state index < -0.39 is 11.8 Å². The Labute approximate surface area is 165 Å². The first-order valence-corrected chi connectivity index (χ1v) is 9.47. The maximum absolute atomic E-state index is 12.7. The monoisotopic (exact) mass is 375 g/mol. The molecule has 0 aliphatic heterocycles. The largest absolute Gasteiger partial charge is 0.317 e. The predicted molar refractivity (Wildman–Crippen MR) is 114 cm³/mol. The van der Waals surface area contributed by atoms with E-state index >= 15 is 0 Å². The average molecular weight is 375 g/mol. The van der Waals surface area contributed by atoms with Gasteiger partial charge in [0.05, 0.1) is 11.2 Å². The Kier molecular flexibility index (Phi) is 5.73. The molecule has 0 radical (unpaired) electrons. The topological polar surface area (TPSA) is 71.1 Å². The Morgan fingerprint density at radius 1 is 0.786 bits per heavy atom. The van der Waals surface area contributed by atoms with Gasteiger partial charge in [-0.3, -0.25) is 14.6 Å². The van der Waals surface area contributed by atoms with Gasteiger partial charge in [0.25, 0.3) is 0 Å². The Morgan fingerprint density at radius 2 is 1.36 bits per heavy atom. The maximum Gasteiger partial charge on any atom is 0.314 e. The molecule has 0 unspecified atom stereocenters. The van der Waals surface area contributed by atoms with Crippen LogP contribution >= 0.6 is 0 Å². The second-order valence-corrected chi connectivity index (χ2v) is 7.41. The van der Waals surface area contributed by atoms with E-state index in [2.05, 4.69) is 43.3 Å². The second kappa shape index (κ2) is 8.21. The Morgan fingerprint density at radius 3 is 2.00 bits per heavy atom. The summed E-state index contributed by atoms with van der Waals surface area (Å²) in [6.07, 6.45) is 1.66. The highest BCUT2D eigenvalue weighted by atomic mass is 16.2. The van der Waals surface area contributed by atoms with Gasteiger partial charge in [0.1, 0.15) is 0 Å². The first kappa shape index (κ1) is 19.5. The lowest BCUT2D eigenvalue weighted by molar-refractivity contribution is -0.133. The van der Waals surface area contributed by atoms with Gasteiger partial charge in [-0.1, -0.05) is 64.1 Å². The quantitative estimate of drug-likeness (QED) is 0.626. The fourth-order valence-electron chi connectivity index (χ4n) is 3.25. The smallest absolute Gasteiger partial charge is 0.314 e. The summed E-state index contributed by atoms with van der Waals surface area (Å²) in [5.41, 5.74) is 3.91. The molecule has 5 nitrogen and oxygen atoms in total. The van der Waals surface area contributed by atoms with Crippen LogP contribution in [0.3, 0.4) is 0 Å². The lowest BCUT2D eigenvalue weighted by atomic mass is 9.92. The molecule has 2 amide bonds. The molecule has 0 saturated heterocycles.